The molecular weight excluding hydrogens is 319 g/mol. The lowest BCUT2D eigenvalue weighted by Gasteiger charge is -2.16. The van der Waals surface area contributed by atoms with Gasteiger partial charge in [-0.25, -0.2) is 0 Å². The van der Waals surface area contributed by atoms with Crippen LogP contribution in [0.2, 0.25) is 0 Å². The van der Waals surface area contributed by atoms with Crippen molar-refractivity contribution in [3.05, 3.63) is 59.2 Å². The van der Waals surface area contributed by atoms with Crippen molar-refractivity contribution >= 4 is 11.6 Å². The van der Waals surface area contributed by atoms with Crippen LogP contribution in [0.25, 0.3) is 0 Å². The van der Waals surface area contributed by atoms with Gasteiger partial charge in [0.1, 0.15) is 5.75 Å². The standard InChI is InChI=1S/C18H18F3NO2/c1-11-7-12(2)9-16(8-11)24-13(3)17(23)22-15-6-4-5-14(10-15)18(19,20)21/h4-10,13H,1-3H3,(H,22,23). The molecule has 0 saturated heterocycles. The molecule has 0 radical (unpaired) electrons. The van der Waals surface area contributed by atoms with Crippen LogP contribution in [0.3, 0.4) is 0 Å². The first kappa shape index (κ1) is 17.8. The fourth-order valence-electron chi connectivity index (χ4n) is 2.28. The number of hydrogen-bond acceptors (Lipinski definition) is 2. The zero-order valence-electron chi connectivity index (χ0n) is 13.6. The normalized spacial score (nSPS) is 12.6. The number of ether oxygens (including phenoxy) is 1. The van der Waals surface area contributed by atoms with Crippen molar-refractivity contribution in [2.45, 2.75) is 33.1 Å². The van der Waals surface area contributed by atoms with E-state index in [9.17, 15) is 18.0 Å². The Morgan fingerprint density at radius 3 is 2.29 bits per heavy atom. The van der Waals surface area contributed by atoms with Crippen LogP contribution in [0.1, 0.15) is 23.6 Å². The van der Waals surface area contributed by atoms with E-state index < -0.39 is 23.8 Å². The molecule has 0 fully saturated rings. The molecule has 1 atom stereocenters. The predicted molar refractivity (Wildman–Crippen MR) is 86.1 cm³/mol. The fourth-order valence-corrected chi connectivity index (χ4v) is 2.28. The van der Waals surface area contributed by atoms with Crippen LogP contribution >= 0.6 is 0 Å². The molecule has 2 rings (SSSR count). The van der Waals surface area contributed by atoms with Crippen LogP contribution in [-0.2, 0) is 11.0 Å². The molecule has 3 nitrogen and oxygen atoms in total. The highest BCUT2D eigenvalue weighted by Crippen LogP contribution is 2.30. The molecule has 0 bridgehead atoms. The molecule has 24 heavy (non-hydrogen) atoms. The Morgan fingerprint density at radius 2 is 1.71 bits per heavy atom. The summed E-state index contributed by atoms with van der Waals surface area (Å²) in [5.41, 5.74) is 1.25. The fraction of sp³-hybridized carbons (Fsp3) is 0.278. The molecule has 0 saturated carbocycles. The van der Waals surface area contributed by atoms with Gasteiger partial charge in [-0.15, -0.1) is 0 Å². The van der Waals surface area contributed by atoms with E-state index >= 15 is 0 Å². The van der Waals surface area contributed by atoms with Crippen molar-refractivity contribution in [3.8, 4) is 5.75 Å². The first-order valence-corrected chi connectivity index (χ1v) is 7.38. The van der Waals surface area contributed by atoms with Gasteiger partial charge < -0.3 is 10.1 Å². The maximum Gasteiger partial charge on any atom is 0.416 e. The first-order valence-electron chi connectivity index (χ1n) is 7.38. The molecule has 0 heterocycles. The highest BCUT2D eigenvalue weighted by molar-refractivity contribution is 5.94. The van der Waals surface area contributed by atoms with Gasteiger partial charge in [-0.05, 0) is 62.2 Å². The van der Waals surface area contributed by atoms with E-state index in [1.165, 1.54) is 12.1 Å². The average molecular weight is 337 g/mol. The molecule has 0 aliphatic heterocycles. The topological polar surface area (TPSA) is 38.3 Å². The summed E-state index contributed by atoms with van der Waals surface area (Å²) in [6.45, 7) is 5.36. The number of halogens is 3. The third-order valence-corrected chi connectivity index (χ3v) is 3.33. The van der Waals surface area contributed by atoms with Gasteiger partial charge in [0.25, 0.3) is 5.91 Å². The molecule has 0 aromatic heterocycles. The number of anilines is 1. The highest BCUT2D eigenvalue weighted by Gasteiger charge is 2.30. The van der Waals surface area contributed by atoms with Crippen LogP contribution in [0.4, 0.5) is 18.9 Å². The van der Waals surface area contributed by atoms with E-state index in [0.29, 0.717) is 5.75 Å². The lowest BCUT2D eigenvalue weighted by atomic mass is 10.1. The molecular formula is C18H18F3NO2. The number of carbonyl (C=O) groups excluding carboxylic acids is 1. The quantitative estimate of drug-likeness (QED) is 0.876. The second kappa shape index (κ2) is 6.95. The van der Waals surface area contributed by atoms with E-state index in [4.69, 9.17) is 4.74 Å². The van der Waals surface area contributed by atoms with E-state index in [2.05, 4.69) is 5.32 Å². The Labute approximate surface area is 138 Å². The zero-order valence-corrected chi connectivity index (χ0v) is 13.6. The lowest BCUT2D eigenvalue weighted by molar-refractivity contribution is -0.137. The van der Waals surface area contributed by atoms with Gasteiger partial charge in [-0.2, -0.15) is 13.2 Å². The number of rotatable bonds is 4. The summed E-state index contributed by atoms with van der Waals surface area (Å²) in [6, 6.07) is 10.0. The number of nitrogens with one attached hydrogen (secondary N) is 1. The Hall–Kier alpha value is -2.50. The van der Waals surface area contributed by atoms with Gasteiger partial charge in [0.2, 0.25) is 0 Å². The Balaban J connectivity index is 2.06. The predicted octanol–water partition coefficient (Wildman–Crippen LogP) is 4.73. The number of amides is 1. The number of carbonyl (C=O) groups is 1. The average Bonchev–Trinajstić information content (AvgIpc) is 2.45. The molecule has 0 aliphatic rings. The Bertz CT molecular complexity index is 721. The summed E-state index contributed by atoms with van der Waals surface area (Å²) in [4.78, 5) is 12.1. The minimum atomic E-state index is -4.46. The SMILES string of the molecule is Cc1cc(C)cc(OC(C)C(=O)Nc2cccc(C(F)(F)F)c2)c1. The van der Waals surface area contributed by atoms with Gasteiger partial charge in [-0.3, -0.25) is 4.79 Å². The van der Waals surface area contributed by atoms with Gasteiger partial charge in [0, 0.05) is 5.69 Å². The highest BCUT2D eigenvalue weighted by atomic mass is 19.4. The van der Waals surface area contributed by atoms with Crippen LogP contribution in [-0.4, -0.2) is 12.0 Å². The number of aryl methyl sites for hydroxylation is 2. The van der Waals surface area contributed by atoms with Gasteiger partial charge in [0.05, 0.1) is 5.56 Å². The van der Waals surface area contributed by atoms with Crippen LogP contribution in [0.15, 0.2) is 42.5 Å². The van der Waals surface area contributed by atoms with Crippen molar-refractivity contribution in [2.75, 3.05) is 5.32 Å². The van der Waals surface area contributed by atoms with Crippen LogP contribution < -0.4 is 10.1 Å². The van der Waals surface area contributed by atoms with E-state index in [0.717, 1.165) is 23.3 Å². The van der Waals surface area contributed by atoms with E-state index in [1.54, 1.807) is 19.1 Å². The summed E-state index contributed by atoms with van der Waals surface area (Å²) in [6.07, 6.45) is -5.30. The second-order valence-corrected chi connectivity index (χ2v) is 5.65. The first-order chi connectivity index (χ1) is 11.1. The third-order valence-electron chi connectivity index (χ3n) is 3.33. The van der Waals surface area contributed by atoms with Crippen molar-refractivity contribution in [1.29, 1.82) is 0 Å². The van der Waals surface area contributed by atoms with Crippen molar-refractivity contribution in [3.63, 3.8) is 0 Å². The smallest absolute Gasteiger partial charge is 0.416 e. The maximum absolute atomic E-state index is 12.7. The molecule has 0 spiro atoms. The minimum absolute atomic E-state index is 0.0747. The van der Waals surface area contributed by atoms with Crippen molar-refractivity contribution < 1.29 is 22.7 Å². The van der Waals surface area contributed by atoms with Crippen LogP contribution in [0.5, 0.6) is 5.75 Å². The van der Waals surface area contributed by atoms with Crippen LogP contribution in [0, 0.1) is 13.8 Å². The lowest BCUT2D eigenvalue weighted by Crippen LogP contribution is -2.30. The summed E-state index contributed by atoms with van der Waals surface area (Å²) in [7, 11) is 0. The summed E-state index contributed by atoms with van der Waals surface area (Å²) in [5, 5.41) is 2.44. The summed E-state index contributed by atoms with van der Waals surface area (Å²) >= 11 is 0. The summed E-state index contributed by atoms with van der Waals surface area (Å²) in [5.74, 6) is 0.0210. The largest absolute Gasteiger partial charge is 0.481 e. The number of hydrogen-bond donors (Lipinski definition) is 1. The molecule has 2 aromatic rings. The minimum Gasteiger partial charge on any atom is -0.481 e. The summed E-state index contributed by atoms with van der Waals surface area (Å²) < 4.78 is 43.6. The Morgan fingerprint density at radius 1 is 1.08 bits per heavy atom. The van der Waals surface area contributed by atoms with E-state index in [1.807, 2.05) is 19.9 Å². The molecule has 1 amide bonds. The number of alkyl halides is 3. The molecule has 1 unspecified atom stereocenters. The number of benzene rings is 2. The Kier molecular flexibility index (Phi) is 5.17. The molecule has 6 heteroatoms. The third kappa shape index (κ3) is 4.75. The van der Waals surface area contributed by atoms with Gasteiger partial charge >= 0.3 is 6.18 Å². The van der Waals surface area contributed by atoms with Gasteiger partial charge in [0.15, 0.2) is 6.10 Å². The molecule has 128 valence electrons. The van der Waals surface area contributed by atoms with Crippen molar-refractivity contribution in [1.82, 2.24) is 0 Å². The monoisotopic (exact) mass is 337 g/mol. The van der Waals surface area contributed by atoms with Crippen molar-refractivity contribution in [2.24, 2.45) is 0 Å². The zero-order chi connectivity index (χ0) is 17.9. The van der Waals surface area contributed by atoms with E-state index in [-0.39, 0.29) is 5.69 Å². The second-order valence-electron chi connectivity index (χ2n) is 5.65. The molecule has 2 aromatic carbocycles. The molecule has 0 aliphatic carbocycles. The molecule has 1 N–H and O–H groups in total. The van der Waals surface area contributed by atoms with Gasteiger partial charge in [-0.1, -0.05) is 12.1 Å². The maximum atomic E-state index is 12.7.